The van der Waals surface area contributed by atoms with Gasteiger partial charge in [0.15, 0.2) is 0 Å². The Labute approximate surface area is 124 Å². The van der Waals surface area contributed by atoms with Crippen LogP contribution in [0.1, 0.15) is 39.5 Å². The van der Waals surface area contributed by atoms with Gasteiger partial charge in [0.05, 0.1) is 5.75 Å². The molecule has 0 aromatic rings. The molecule has 0 spiro atoms. The van der Waals surface area contributed by atoms with Crippen molar-refractivity contribution in [1.29, 1.82) is 0 Å². The van der Waals surface area contributed by atoms with Gasteiger partial charge in [0.2, 0.25) is 10.0 Å². The molecule has 0 aliphatic carbocycles. The molecule has 0 bridgehead atoms. The molecule has 1 aliphatic rings. The lowest BCUT2D eigenvalue weighted by atomic mass is 10.2. The normalized spacial score (nSPS) is 18.5. The van der Waals surface area contributed by atoms with Gasteiger partial charge in [0.1, 0.15) is 0 Å². The van der Waals surface area contributed by atoms with Crippen LogP contribution in [0.5, 0.6) is 0 Å². The van der Waals surface area contributed by atoms with Crippen molar-refractivity contribution in [3.05, 3.63) is 0 Å². The summed E-state index contributed by atoms with van der Waals surface area (Å²) in [5.74, 6) is 0.266. The first-order valence-electron chi connectivity index (χ1n) is 7.99. The number of hydrogen-bond donors (Lipinski definition) is 1. The van der Waals surface area contributed by atoms with Gasteiger partial charge in [-0.05, 0) is 32.4 Å². The van der Waals surface area contributed by atoms with Crippen LogP contribution in [0.25, 0.3) is 0 Å². The second kappa shape index (κ2) is 9.71. The molecule has 1 saturated heterocycles. The van der Waals surface area contributed by atoms with E-state index in [4.69, 9.17) is 0 Å². The Bertz CT molecular complexity index is 338. The van der Waals surface area contributed by atoms with E-state index in [1.807, 2.05) is 6.92 Å². The number of nitrogens with one attached hydrogen (secondary N) is 1. The standard InChI is InChI=1S/C14H31N3O2S/c1-3-5-14-20(18,19)15-8-6-7-9-17-12-10-16(4-2)11-13-17/h15H,3-14H2,1-2H3. The molecule has 1 fully saturated rings. The van der Waals surface area contributed by atoms with Crippen LogP contribution < -0.4 is 4.72 Å². The lowest BCUT2D eigenvalue weighted by Gasteiger charge is -2.33. The number of likely N-dealkylation sites (N-methyl/N-ethyl adjacent to an activating group) is 1. The Kier molecular flexibility index (Phi) is 8.68. The summed E-state index contributed by atoms with van der Waals surface area (Å²) < 4.78 is 25.9. The van der Waals surface area contributed by atoms with Crippen LogP contribution in [-0.4, -0.2) is 69.8 Å². The smallest absolute Gasteiger partial charge is 0.211 e. The van der Waals surface area contributed by atoms with Gasteiger partial charge in [0, 0.05) is 32.7 Å². The topological polar surface area (TPSA) is 52.7 Å². The largest absolute Gasteiger partial charge is 0.301 e. The predicted molar refractivity (Wildman–Crippen MR) is 84.5 cm³/mol. The molecular weight excluding hydrogens is 274 g/mol. The second-order valence-corrected chi connectivity index (χ2v) is 7.48. The van der Waals surface area contributed by atoms with Crippen LogP contribution in [0.4, 0.5) is 0 Å². The molecule has 0 amide bonds. The zero-order valence-electron chi connectivity index (χ0n) is 13.1. The van der Waals surface area contributed by atoms with E-state index in [1.165, 1.54) is 13.1 Å². The first-order valence-corrected chi connectivity index (χ1v) is 9.64. The lowest BCUT2D eigenvalue weighted by Crippen LogP contribution is -2.46. The van der Waals surface area contributed by atoms with Crippen LogP contribution in [-0.2, 0) is 10.0 Å². The van der Waals surface area contributed by atoms with Gasteiger partial charge >= 0.3 is 0 Å². The highest BCUT2D eigenvalue weighted by Gasteiger charge is 2.14. The Morgan fingerprint density at radius 3 is 2.20 bits per heavy atom. The summed E-state index contributed by atoms with van der Waals surface area (Å²) in [6.45, 7) is 11.7. The predicted octanol–water partition coefficient (Wildman–Crippen LogP) is 1.12. The molecule has 1 rings (SSSR count). The Hall–Kier alpha value is -0.170. The quantitative estimate of drug-likeness (QED) is 0.615. The lowest BCUT2D eigenvalue weighted by molar-refractivity contribution is 0.136. The maximum absolute atomic E-state index is 11.6. The Balaban J connectivity index is 2.02. The number of nitrogens with zero attached hydrogens (tertiary/aromatic N) is 2. The molecule has 0 aromatic heterocycles. The summed E-state index contributed by atoms with van der Waals surface area (Å²) in [6, 6.07) is 0. The van der Waals surface area contributed by atoms with E-state index < -0.39 is 10.0 Å². The van der Waals surface area contributed by atoms with Gasteiger partial charge in [-0.25, -0.2) is 13.1 Å². The molecule has 120 valence electrons. The first-order chi connectivity index (χ1) is 9.57. The van der Waals surface area contributed by atoms with Crippen LogP contribution in [0, 0.1) is 0 Å². The molecule has 0 atom stereocenters. The second-order valence-electron chi connectivity index (χ2n) is 5.55. The monoisotopic (exact) mass is 305 g/mol. The maximum Gasteiger partial charge on any atom is 0.211 e. The van der Waals surface area contributed by atoms with E-state index in [2.05, 4.69) is 21.4 Å². The van der Waals surface area contributed by atoms with Crippen molar-refractivity contribution >= 4 is 10.0 Å². The van der Waals surface area contributed by atoms with Crippen molar-refractivity contribution in [2.24, 2.45) is 0 Å². The van der Waals surface area contributed by atoms with Gasteiger partial charge in [-0.15, -0.1) is 0 Å². The Morgan fingerprint density at radius 2 is 1.60 bits per heavy atom. The number of piperazine rings is 1. The van der Waals surface area contributed by atoms with Crippen LogP contribution >= 0.6 is 0 Å². The highest BCUT2D eigenvalue weighted by molar-refractivity contribution is 7.89. The van der Waals surface area contributed by atoms with Crippen molar-refractivity contribution in [3.63, 3.8) is 0 Å². The highest BCUT2D eigenvalue weighted by atomic mass is 32.2. The molecule has 1 aliphatic heterocycles. The number of hydrogen-bond acceptors (Lipinski definition) is 4. The highest BCUT2D eigenvalue weighted by Crippen LogP contribution is 2.03. The molecular formula is C14H31N3O2S. The van der Waals surface area contributed by atoms with Crippen LogP contribution in [0.3, 0.4) is 0 Å². The molecule has 0 aromatic carbocycles. The van der Waals surface area contributed by atoms with Gasteiger partial charge in [-0.2, -0.15) is 0 Å². The van der Waals surface area contributed by atoms with Gasteiger partial charge in [0.25, 0.3) is 0 Å². The summed E-state index contributed by atoms with van der Waals surface area (Å²) in [7, 11) is -3.03. The van der Waals surface area contributed by atoms with Gasteiger partial charge < -0.3 is 9.80 Å². The van der Waals surface area contributed by atoms with Crippen molar-refractivity contribution in [3.8, 4) is 0 Å². The van der Waals surface area contributed by atoms with E-state index in [0.29, 0.717) is 6.54 Å². The van der Waals surface area contributed by atoms with E-state index in [0.717, 1.165) is 51.9 Å². The molecule has 0 saturated carbocycles. The zero-order chi connectivity index (χ0) is 14.8. The minimum absolute atomic E-state index is 0.266. The fraction of sp³-hybridized carbons (Fsp3) is 1.00. The van der Waals surface area contributed by atoms with Crippen LogP contribution in [0.2, 0.25) is 0 Å². The van der Waals surface area contributed by atoms with Crippen LogP contribution in [0.15, 0.2) is 0 Å². The maximum atomic E-state index is 11.6. The van der Waals surface area contributed by atoms with Crippen molar-refractivity contribution < 1.29 is 8.42 Å². The third kappa shape index (κ3) is 7.57. The fourth-order valence-electron chi connectivity index (χ4n) is 2.42. The average molecular weight is 305 g/mol. The molecule has 1 heterocycles. The third-order valence-corrected chi connectivity index (χ3v) is 5.37. The average Bonchev–Trinajstić information content (AvgIpc) is 2.45. The van der Waals surface area contributed by atoms with Crippen molar-refractivity contribution in [2.45, 2.75) is 39.5 Å². The minimum atomic E-state index is -3.03. The summed E-state index contributed by atoms with van der Waals surface area (Å²) >= 11 is 0. The molecule has 0 radical (unpaired) electrons. The molecule has 1 N–H and O–H groups in total. The summed E-state index contributed by atoms with van der Waals surface area (Å²) in [5, 5.41) is 0. The number of rotatable bonds is 10. The number of unbranched alkanes of at least 4 members (excludes halogenated alkanes) is 2. The minimum Gasteiger partial charge on any atom is -0.301 e. The van der Waals surface area contributed by atoms with E-state index in [1.54, 1.807) is 0 Å². The SMILES string of the molecule is CCCCS(=O)(=O)NCCCCN1CCN(CC)CC1. The van der Waals surface area contributed by atoms with Gasteiger partial charge in [-0.3, -0.25) is 0 Å². The Morgan fingerprint density at radius 1 is 0.950 bits per heavy atom. The van der Waals surface area contributed by atoms with E-state index in [-0.39, 0.29) is 5.75 Å². The molecule has 20 heavy (non-hydrogen) atoms. The zero-order valence-corrected chi connectivity index (χ0v) is 13.9. The summed E-state index contributed by atoms with van der Waals surface area (Å²) in [6.07, 6.45) is 3.67. The summed E-state index contributed by atoms with van der Waals surface area (Å²) in [5.41, 5.74) is 0. The van der Waals surface area contributed by atoms with E-state index >= 15 is 0 Å². The van der Waals surface area contributed by atoms with E-state index in [9.17, 15) is 8.42 Å². The molecule has 6 heteroatoms. The first kappa shape index (κ1) is 17.9. The van der Waals surface area contributed by atoms with Gasteiger partial charge in [-0.1, -0.05) is 20.3 Å². The number of sulfonamides is 1. The molecule has 0 unspecified atom stereocenters. The fourth-order valence-corrected chi connectivity index (χ4v) is 3.69. The third-order valence-electron chi connectivity index (χ3n) is 3.90. The van der Waals surface area contributed by atoms with Crippen molar-refractivity contribution in [1.82, 2.24) is 14.5 Å². The van der Waals surface area contributed by atoms with Crippen molar-refractivity contribution in [2.75, 3.05) is 51.6 Å². The molecule has 5 nitrogen and oxygen atoms in total. The summed E-state index contributed by atoms with van der Waals surface area (Å²) in [4.78, 5) is 4.95.